The number of carbonyl (C=O) groups is 2. The Labute approximate surface area is 176 Å². The SMILES string of the molecule is COc1cc(C2CC(=O)N(c3ccccc3C(F)(F)F)C3=C2C(=O)CCC3)ccc1O. The van der Waals surface area contributed by atoms with E-state index in [1.165, 1.54) is 31.4 Å². The van der Waals surface area contributed by atoms with E-state index in [9.17, 15) is 27.9 Å². The number of halogens is 3. The lowest BCUT2D eigenvalue weighted by molar-refractivity contribution is -0.137. The van der Waals surface area contributed by atoms with Crippen molar-refractivity contribution in [3.05, 3.63) is 64.9 Å². The summed E-state index contributed by atoms with van der Waals surface area (Å²) >= 11 is 0. The summed E-state index contributed by atoms with van der Waals surface area (Å²) in [6.45, 7) is 0. The van der Waals surface area contributed by atoms with Gasteiger partial charge in [0.15, 0.2) is 17.3 Å². The van der Waals surface area contributed by atoms with Crippen molar-refractivity contribution in [2.75, 3.05) is 12.0 Å². The number of amides is 1. The Kier molecular flexibility index (Phi) is 5.24. The van der Waals surface area contributed by atoms with Gasteiger partial charge in [0.05, 0.1) is 18.4 Å². The second-order valence-corrected chi connectivity index (χ2v) is 7.57. The van der Waals surface area contributed by atoms with Gasteiger partial charge in [0.2, 0.25) is 5.91 Å². The minimum atomic E-state index is -4.64. The van der Waals surface area contributed by atoms with Crippen LogP contribution in [0.15, 0.2) is 53.7 Å². The van der Waals surface area contributed by atoms with Crippen molar-refractivity contribution >= 4 is 17.4 Å². The number of rotatable bonds is 3. The van der Waals surface area contributed by atoms with Crippen molar-refractivity contribution in [3.8, 4) is 11.5 Å². The molecular formula is C23H20F3NO4. The summed E-state index contributed by atoms with van der Waals surface area (Å²) in [5.41, 5.74) is 0.0910. The van der Waals surface area contributed by atoms with Crippen molar-refractivity contribution in [2.24, 2.45) is 0 Å². The maximum Gasteiger partial charge on any atom is 0.418 e. The Hall–Kier alpha value is -3.29. The Morgan fingerprint density at radius 2 is 1.84 bits per heavy atom. The molecule has 0 fully saturated rings. The summed E-state index contributed by atoms with van der Waals surface area (Å²) in [6.07, 6.45) is -3.75. The molecule has 1 N–H and O–H groups in total. The molecule has 0 saturated carbocycles. The summed E-state index contributed by atoms with van der Waals surface area (Å²) in [5, 5.41) is 9.88. The predicted octanol–water partition coefficient (Wildman–Crippen LogP) is 4.95. The van der Waals surface area contributed by atoms with E-state index in [4.69, 9.17) is 4.74 Å². The van der Waals surface area contributed by atoms with Gasteiger partial charge in [-0.15, -0.1) is 0 Å². The number of hydrogen-bond donors (Lipinski definition) is 1. The molecule has 4 rings (SSSR count). The molecule has 2 aromatic rings. The van der Waals surface area contributed by atoms with Gasteiger partial charge in [-0.1, -0.05) is 18.2 Å². The first-order chi connectivity index (χ1) is 14.7. The number of aromatic hydroxyl groups is 1. The molecule has 162 valence electrons. The van der Waals surface area contributed by atoms with Gasteiger partial charge < -0.3 is 9.84 Å². The lowest BCUT2D eigenvalue weighted by Gasteiger charge is -2.39. The Morgan fingerprint density at radius 3 is 2.55 bits per heavy atom. The van der Waals surface area contributed by atoms with Crippen LogP contribution in [0.2, 0.25) is 0 Å². The zero-order valence-electron chi connectivity index (χ0n) is 16.7. The van der Waals surface area contributed by atoms with Crippen molar-refractivity contribution in [1.29, 1.82) is 0 Å². The molecule has 1 aliphatic heterocycles. The van der Waals surface area contributed by atoms with Crippen molar-refractivity contribution in [2.45, 2.75) is 37.8 Å². The number of methoxy groups -OCH3 is 1. The summed E-state index contributed by atoms with van der Waals surface area (Å²) in [5.74, 6) is -1.19. The third-order valence-corrected chi connectivity index (χ3v) is 5.73. The summed E-state index contributed by atoms with van der Waals surface area (Å²) in [7, 11) is 1.39. The molecule has 1 heterocycles. The van der Waals surface area contributed by atoms with E-state index in [1.54, 1.807) is 12.1 Å². The number of ketones is 1. The number of hydrogen-bond acceptors (Lipinski definition) is 4. The molecule has 8 heteroatoms. The van der Waals surface area contributed by atoms with Crippen LogP contribution in [0.1, 0.15) is 42.7 Å². The largest absolute Gasteiger partial charge is 0.504 e. The topological polar surface area (TPSA) is 66.8 Å². The third kappa shape index (κ3) is 3.66. The van der Waals surface area contributed by atoms with Gasteiger partial charge in [-0.2, -0.15) is 13.2 Å². The first kappa shape index (κ1) is 21.0. The van der Waals surface area contributed by atoms with Gasteiger partial charge in [-0.05, 0) is 42.7 Å². The number of phenolic OH excluding ortho intramolecular Hbond substituents is 1. The summed E-state index contributed by atoms with van der Waals surface area (Å²) < 4.78 is 46.0. The molecule has 5 nitrogen and oxygen atoms in total. The monoisotopic (exact) mass is 431 g/mol. The van der Waals surface area contributed by atoms with Crippen molar-refractivity contribution in [1.82, 2.24) is 0 Å². The Bertz CT molecular complexity index is 1090. The molecule has 31 heavy (non-hydrogen) atoms. The van der Waals surface area contributed by atoms with Crippen molar-refractivity contribution < 1.29 is 32.6 Å². The molecule has 0 aromatic heterocycles. The highest BCUT2D eigenvalue weighted by Crippen LogP contribution is 2.47. The van der Waals surface area contributed by atoms with Crippen LogP contribution in [0.5, 0.6) is 11.5 Å². The van der Waals surface area contributed by atoms with Crippen LogP contribution < -0.4 is 9.64 Å². The van der Waals surface area contributed by atoms with E-state index in [1.807, 2.05) is 0 Å². The molecule has 1 aliphatic carbocycles. The van der Waals surface area contributed by atoms with Crippen LogP contribution in [0.4, 0.5) is 18.9 Å². The maximum atomic E-state index is 13.6. The minimum absolute atomic E-state index is 0.0849. The van der Waals surface area contributed by atoms with Crippen LogP contribution >= 0.6 is 0 Å². The molecule has 0 radical (unpaired) electrons. The average Bonchev–Trinajstić information content (AvgIpc) is 2.73. The molecule has 0 saturated heterocycles. The van der Waals surface area contributed by atoms with Crippen LogP contribution in [0.3, 0.4) is 0 Å². The molecule has 0 bridgehead atoms. The highest BCUT2D eigenvalue weighted by molar-refractivity contribution is 6.07. The van der Waals surface area contributed by atoms with E-state index < -0.39 is 23.6 Å². The van der Waals surface area contributed by atoms with Gasteiger partial charge in [-0.3, -0.25) is 14.5 Å². The van der Waals surface area contributed by atoms with E-state index in [-0.39, 0.29) is 35.8 Å². The minimum Gasteiger partial charge on any atom is -0.504 e. The molecule has 1 atom stereocenters. The molecule has 0 spiro atoms. The van der Waals surface area contributed by atoms with Gasteiger partial charge in [0.25, 0.3) is 0 Å². The number of para-hydroxylation sites is 1. The summed E-state index contributed by atoms with van der Waals surface area (Å²) in [4.78, 5) is 27.1. The summed E-state index contributed by atoms with van der Waals surface area (Å²) in [6, 6.07) is 9.48. The number of allylic oxidation sites excluding steroid dienone is 2. The molecule has 1 unspecified atom stereocenters. The highest BCUT2D eigenvalue weighted by Gasteiger charge is 2.43. The van der Waals surface area contributed by atoms with Gasteiger partial charge >= 0.3 is 6.18 Å². The number of anilines is 1. The number of Topliss-reactive ketones (excluding diaryl/α,β-unsaturated/α-hetero) is 1. The zero-order chi connectivity index (χ0) is 22.3. The van der Waals surface area contributed by atoms with Gasteiger partial charge in [0.1, 0.15) is 0 Å². The lowest BCUT2D eigenvalue weighted by Crippen LogP contribution is -2.41. The van der Waals surface area contributed by atoms with Crippen LogP contribution in [0.25, 0.3) is 0 Å². The lowest BCUT2D eigenvalue weighted by atomic mass is 9.77. The van der Waals surface area contributed by atoms with Crippen LogP contribution in [0, 0.1) is 0 Å². The van der Waals surface area contributed by atoms with E-state index in [2.05, 4.69) is 0 Å². The number of nitrogens with zero attached hydrogens (tertiary/aromatic N) is 1. The molecule has 2 aliphatic rings. The third-order valence-electron chi connectivity index (χ3n) is 5.73. The molecule has 1 amide bonds. The molecular weight excluding hydrogens is 411 g/mol. The Balaban J connectivity index is 1.89. The maximum absolute atomic E-state index is 13.6. The normalized spacial score (nSPS) is 19.5. The first-order valence-corrected chi connectivity index (χ1v) is 9.84. The Morgan fingerprint density at radius 1 is 1.10 bits per heavy atom. The standard InChI is InChI=1S/C23H20F3NO4/c1-31-20-11-13(9-10-18(20)28)14-12-21(30)27(17-7-4-8-19(29)22(14)17)16-6-3-2-5-15(16)23(24,25)26/h2-3,5-6,9-11,14,28H,4,7-8,12H2,1H3. The predicted molar refractivity (Wildman–Crippen MR) is 107 cm³/mol. The number of ether oxygens (including phenoxy) is 1. The van der Waals surface area contributed by atoms with Gasteiger partial charge in [-0.25, -0.2) is 0 Å². The number of benzene rings is 2. The highest BCUT2D eigenvalue weighted by atomic mass is 19.4. The average molecular weight is 431 g/mol. The number of alkyl halides is 3. The fraction of sp³-hybridized carbons (Fsp3) is 0.304. The van der Waals surface area contributed by atoms with E-state index in [0.717, 1.165) is 11.0 Å². The fourth-order valence-electron chi connectivity index (χ4n) is 4.38. The number of phenols is 1. The second kappa shape index (κ2) is 7.76. The second-order valence-electron chi connectivity index (χ2n) is 7.57. The fourth-order valence-corrected chi connectivity index (χ4v) is 4.38. The van der Waals surface area contributed by atoms with Crippen LogP contribution in [-0.2, 0) is 15.8 Å². The van der Waals surface area contributed by atoms with E-state index in [0.29, 0.717) is 29.7 Å². The van der Waals surface area contributed by atoms with E-state index >= 15 is 0 Å². The first-order valence-electron chi connectivity index (χ1n) is 9.84. The zero-order valence-corrected chi connectivity index (χ0v) is 16.7. The van der Waals surface area contributed by atoms with Gasteiger partial charge in [0, 0.05) is 30.0 Å². The van der Waals surface area contributed by atoms with Crippen LogP contribution in [-0.4, -0.2) is 23.9 Å². The number of carbonyl (C=O) groups excluding carboxylic acids is 2. The van der Waals surface area contributed by atoms with Crippen molar-refractivity contribution in [3.63, 3.8) is 0 Å². The smallest absolute Gasteiger partial charge is 0.418 e. The quantitative estimate of drug-likeness (QED) is 0.747. The molecule has 2 aromatic carbocycles.